The maximum Gasteiger partial charge on any atom is 0.335 e. The summed E-state index contributed by atoms with van der Waals surface area (Å²) in [6, 6.07) is 14.8. The summed E-state index contributed by atoms with van der Waals surface area (Å²) in [7, 11) is -6.86. The fourth-order valence-corrected chi connectivity index (χ4v) is 8.47. The minimum absolute atomic E-state index is 0.168. The van der Waals surface area contributed by atoms with Crippen LogP contribution in [0.5, 0.6) is 0 Å². The SMILES string of the molecule is CCOP(OCC)C(=O)c1ccc(CP(=O)(OCC)OCC)cc1.CCOP(OCC)OCC.CCOP(OCC)OCC.ClCc1ccc(CCl)cc1. The zero-order valence-corrected chi connectivity index (χ0v) is 38.8. The first-order chi connectivity index (χ1) is 26.0. The van der Waals surface area contributed by atoms with Gasteiger partial charge in [-0.3, -0.25) is 9.36 Å². The second kappa shape index (κ2) is 38.3. The minimum atomic E-state index is -3.15. The Morgan fingerprint density at radius 3 is 1.04 bits per heavy atom. The molecule has 2 aromatic carbocycles. The maximum absolute atomic E-state index is 12.5. The number of halogens is 2. The van der Waals surface area contributed by atoms with Crippen molar-refractivity contribution < 1.29 is 54.6 Å². The van der Waals surface area contributed by atoms with E-state index in [1.165, 1.54) is 0 Å². The Kier molecular flexibility index (Phi) is 39.7. The van der Waals surface area contributed by atoms with Crippen molar-refractivity contribution in [2.45, 2.75) is 87.2 Å². The zero-order chi connectivity index (χ0) is 41.0. The van der Waals surface area contributed by atoms with E-state index in [4.69, 9.17) is 68.4 Å². The van der Waals surface area contributed by atoms with E-state index in [9.17, 15) is 9.36 Å². The van der Waals surface area contributed by atoms with Crippen molar-refractivity contribution in [1.82, 2.24) is 0 Å². The van der Waals surface area contributed by atoms with Gasteiger partial charge in [0.1, 0.15) is 0 Å². The molecule has 0 N–H and O–H groups in total. The van der Waals surface area contributed by atoms with Crippen LogP contribution in [0.25, 0.3) is 0 Å². The highest BCUT2D eigenvalue weighted by Crippen LogP contribution is 2.51. The van der Waals surface area contributed by atoms with Gasteiger partial charge in [-0.25, -0.2) is 0 Å². The van der Waals surface area contributed by atoms with Crippen LogP contribution >= 0.6 is 56.4 Å². The molecule has 0 heterocycles. The summed E-state index contributed by atoms with van der Waals surface area (Å²) in [5.74, 6) is 1.14. The monoisotopic (exact) mass is 882 g/mol. The lowest BCUT2D eigenvalue weighted by molar-refractivity contribution is 0.104. The number of alkyl halides is 2. The normalized spacial score (nSPS) is 11.1. The number of carbonyl (C=O) groups is 1. The highest BCUT2D eigenvalue weighted by molar-refractivity contribution is 7.66. The van der Waals surface area contributed by atoms with Crippen molar-refractivity contribution in [2.24, 2.45) is 0 Å². The molecule has 0 atom stereocenters. The van der Waals surface area contributed by atoms with Gasteiger partial charge in [-0.1, -0.05) is 48.5 Å². The van der Waals surface area contributed by atoms with Crippen LogP contribution in [0.1, 0.15) is 96.3 Å². The summed E-state index contributed by atoms with van der Waals surface area (Å²) in [5.41, 5.74) is 3.40. The molecule has 0 unspecified atom stereocenters. The summed E-state index contributed by atoms with van der Waals surface area (Å²) < 4.78 is 64.7. The molecule has 0 bridgehead atoms. The lowest BCUT2D eigenvalue weighted by Crippen LogP contribution is -2.04. The van der Waals surface area contributed by atoms with E-state index in [-0.39, 0.29) is 11.7 Å². The Morgan fingerprint density at radius 2 is 0.778 bits per heavy atom. The number of hydrogen-bond donors (Lipinski definition) is 0. The van der Waals surface area contributed by atoms with Gasteiger partial charge >= 0.3 is 24.8 Å². The van der Waals surface area contributed by atoms with Crippen molar-refractivity contribution in [1.29, 1.82) is 0 Å². The summed E-state index contributed by atoms with van der Waals surface area (Å²) in [6.45, 7) is 24.1. The van der Waals surface area contributed by atoms with Gasteiger partial charge in [0.05, 0.1) is 72.2 Å². The molecule has 2 aromatic rings. The molecule has 18 heteroatoms. The largest absolute Gasteiger partial charge is 0.335 e. The van der Waals surface area contributed by atoms with Crippen LogP contribution in [0.15, 0.2) is 48.5 Å². The average molecular weight is 884 g/mol. The van der Waals surface area contributed by atoms with Crippen LogP contribution in [-0.4, -0.2) is 71.6 Å². The van der Waals surface area contributed by atoms with Crippen molar-refractivity contribution in [3.05, 3.63) is 70.8 Å². The van der Waals surface area contributed by atoms with Gasteiger partial charge in [0.25, 0.3) is 0 Å². The van der Waals surface area contributed by atoms with Gasteiger partial charge in [0.15, 0.2) is 0 Å². The second-order valence-corrected chi connectivity index (χ2v) is 16.2. The fourth-order valence-electron chi connectivity index (χ4n) is 3.57. The van der Waals surface area contributed by atoms with Crippen molar-refractivity contribution in [3.63, 3.8) is 0 Å². The first kappa shape index (κ1) is 55.9. The van der Waals surface area contributed by atoms with Crippen LogP contribution in [0.4, 0.5) is 0 Å². The van der Waals surface area contributed by atoms with Gasteiger partial charge in [-0.15, -0.1) is 23.2 Å². The van der Waals surface area contributed by atoms with Gasteiger partial charge < -0.3 is 45.2 Å². The van der Waals surface area contributed by atoms with E-state index >= 15 is 0 Å². The van der Waals surface area contributed by atoms with E-state index in [1.807, 2.05) is 79.7 Å². The Hall–Kier alpha value is -0.190. The van der Waals surface area contributed by atoms with E-state index in [0.717, 1.165) is 16.7 Å². The first-order valence-corrected chi connectivity index (χ1v) is 24.4. The van der Waals surface area contributed by atoms with Crippen LogP contribution in [0, 0.1) is 0 Å². The molecule has 0 fully saturated rings. The van der Waals surface area contributed by atoms with E-state index in [1.54, 1.807) is 38.1 Å². The molecule has 54 heavy (non-hydrogen) atoms. The number of hydrogen-bond acceptors (Lipinski definition) is 12. The predicted octanol–water partition coefficient (Wildman–Crippen LogP) is 12.8. The van der Waals surface area contributed by atoms with Crippen LogP contribution in [0.3, 0.4) is 0 Å². The molecule has 12 nitrogen and oxygen atoms in total. The first-order valence-electron chi connectivity index (χ1n) is 18.2. The summed E-state index contributed by atoms with van der Waals surface area (Å²) in [6.07, 6.45) is 0.175. The molecule has 0 radical (unpaired) electrons. The lowest BCUT2D eigenvalue weighted by atomic mass is 10.2. The Labute approximate surface area is 339 Å². The smallest absolute Gasteiger partial charge is 0.329 e. The van der Waals surface area contributed by atoms with E-state index < -0.39 is 33.2 Å². The Balaban J connectivity index is 0. The number of benzene rings is 2. The summed E-state index contributed by atoms with van der Waals surface area (Å²) in [4.78, 5) is 12.4. The van der Waals surface area contributed by atoms with E-state index in [2.05, 4.69) is 0 Å². The Bertz CT molecular complexity index is 1100. The van der Waals surface area contributed by atoms with E-state index in [0.29, 0.717) is 83.4 Å². The molecule has 0 aliphatic rings. The molecule has 314 valence electrons. The molecule has 0 aliphatic carbocycles. The Morgan fingerprint density at radius 1 is 0.481 bits per heavy atom. The van der Waals surface area contributed by atoms with Crippen LogP contribution in [-0.2, 0) is 67.7 Å². The van der Waals surface area contributed by atoms with Gasteiger partial charge in [-0.2, -0.15) is 0 Å². The fraction of sp³-hybridized carbons (Fsp3) is 0.639. The third-order valence-electron chi connectivity index (χ3n) is 5.63. The highest BCUT2D eigenvalue weighted by atomic mass is 35.5. The highest BCUT2D eigenvalue weighted by Gasteiger charge is 2.25. The van der Waals surface area contributed by atoms with Gasteiger partial charge in [0, 0.05) is 17.3 Å². The lowest BCUT2D eigenvalue weighted by Gasteiger charge is -2.17. The number of carbonyl (C=O) groups excluding carboxylic acids is 1. The summed E-state index contributed by atoms with van der Waals surface area (Å²) in [5, 5.41) is 0. The quantitative estimate of drug-likeness (QED) is 0.0659. The third kappa shape index (κ3) is 28.2. The molecule has 0 amide bonds. The predicted molar refractivity (Wildman–Crippen MR) is 225 cm³/mol. The average Bonchev–Trinajstić information content (AvgIpc) is 3.16. The van der Waals surface area contributed by atoms with Gasteiger partial charge in [-0.05, 0) is 85.9 Å². The molecule has 2 rings (SSSR count). The summed E-state index contributed by atoms with van der Waals surface area (Å²) >= 11 is 11.2. The molecule has 0 saturated carbocycles. The van der Waals surface area contributed by atoms with Crippen LogP contribution < -0.4 is 0 Å². The molecule has 0 saturated heterocycles. The van der Waals surface area contributed by atoms with Crippen LogP contribution in [0.2, 0.25) is 0 Å². The topological polar surface area (TPSA) is 126 Å². The molecule has 0 spiro atoms. The zero-order valence-electron chi connectivity index (χ0n) is 33.8. The van der Waals surface area contributed by atoms with Crippen molar-refractivity contribution >= 4 is 61.9 Å². The maximum atomic E-state index is 12.5. The second-order valence-electron chi connectivity index (χ2n) is 9.74. The standard InChI is InChI=1S/C16H26O6P2.C8H8Cl2.2C6H15O3P/c1-5-19-23(20-6-2)16(17)15-11-9-14(10-12-15)13-24(18,21-7-3)22-8-4;9-5-7-1-2-8(6-10)4-3-7;2*1-4-7-10(8-5-2)9-6-3/h9-12H,5-8,13H2,1-4H3;1-4H,5-6H2;2*4-6H2,1-3H3. The van der Waals surface area contributed by atoms with Crippen molar-refractivity contribution in [2.75, 3.05) is 66.1 Å². The minimum Gasteiger partial charge on any atom is -0.329 e. The van der Waals surface area contributed by atoms with Crippen molar-refractivity contribution in [3.8, 4) is 0 Å². The number of rotatable bonds is 26. The molecule has 0 aliphatic heterocycles. The van der Waals surface area contributed by atoms with Gasteiger partial charge in [0.2, 0.25) is 13.9 Å². The molecular formula is C36H64Cl2O12P4. The molecule has 0 aromatic heterocycles. The molecular weight excluding hydrogens is 819 g/mol. The third-order valence-corrected chi connectivity index (χ3v) is 12.7.